The van der Waals surface area contributed by atoms with E-state index >= 15 is 0 Å². The Bertz CT molecular complexity index is 699. The van der Waals surface area contributed by atoms with Gasteiger partial charge in [0, 0.05) is 17.7 Å². The second-order valence-corrected chi connectivity index (χ2v) is 5.19. The van der Waals surface area contributed by atoms with E-state index in [1.165, 1.54) is 4.90 Å². The van der Waals surface area contributed by atoms with Crippen molar-refractivity contribution in [2.24, 2.45) is 0 Å². The van der Waals surface area contributed by atoms with Crippen molar-refractivity contribution in [1.29, 1.82) is 0 Å². The number of carbonyl (C=O) groups is 1. The largest absolute Gasteiger partial charge is 0.497 e. The van der Waals surface area contributed by atoms with Gasteiger partial charge in [-0.1, -0.05) is 11.6 Å². The highest BCUT2D eigenvalue weighted by atomic mass is 35.5. The van der Waals surface area contributed by atoms with Crippen LogP contribution in [0.3, 0.4) is 0 Å². The molecule has 3 rings (SSSR count). The first kappa shape index (κ1) is 13.8. The normalized spacial score (nSPS) is 13.9. The molecule has 2 aromatic rings. The summed E-state index contributed by atoms with van der Waals surface area (Å²) in [5, 5.41) is 14.0. The molecule has 2 heterocycles. The molecule has 0 radical (unpaired) electrons. The summed E-state index contributed by atoms with van der Waals surface area (Å²) in [6.45, 7) is 1.31. The van der Waals surface area contributed by atoms with Gasteiger partial charge in [-0.25, -0.2) is 4.79 Å². The Morgan fingerprint density at radius 1 is 1.38 bits per heavy atom. The summed E-state index contributed by atoms with van der Waals surface area (Å²) in [7, 11) is 1.58. The molecule has 0 saturated carbocycles. The lowest BCUT2D eigenvalue weighted by Crippen LogP contribution is -2.37. The number of amides is 1. The van der Waals surface area contributed by atoms with Crippen LogP contribution in [-0.4, -0.2) is 39.5 Å². The molecule has 110 valence electrons. The van der Waals surface area contributed by atoms with E-state index in [9.17, 15) is 4.79 Å². The molecule has 0 atom stereocenters. The van der Waals surface area contributed by atoms with Gasteiger partial charge in [0.25, 0.3) is 0 Å². The predicted molar refractivity (Wildman–Crippen MR) is 77.7 cm³/mol. The predicted octanol–water partition coefficient (Wildman–Crippen LogP) is 2.71. The first-order chi connectivity index (χ1) is 10.1. The fourth-order valence-corrected chi connectivity index (χ4v) is 2.75. The topological polar surface area (TPSA) is 67.6 Å². The van der Waals surface area contributed by atoms with Gasteiger partial charge in [0.15, 0.2) is 0 Å². The van der Waals surface area contributed by atoms with Crippen molar-refractivity contribution in [2.45, 2.75) is 13.1 Å². The van der Waals surface area contributed by atoms with Crippen LogP contribution in [0.25, 0.3) is 11.1 Å². The lowest BCUT2D eigenvalue weighted by molar-refractivity contribution is 0.131. The molecule has 7 heteroatoms. The molecular weight excluding hydrogens is 294 g/mol. The Morgan fingerprint density at radius 2 is 2.19 bits per heavy atom. The average molecular weight is 308 g/mol. The van der Waals surface area contributed by atoms with E-state index in [1.54, 1.807) is 19.4 Å². The fraction of sp³-hybridized carbons (Fsp3) is 0.286. The number of rotatable bonds is 2. The molecular formula is C14H14ClN3O3. The Labute approximate surface area is 126 Å². The fourth-order valence-electron chi connectivity index (χ4n) is 2.47. The molecule has 1 aliphatic rings. The number of hydrogen-bond donors (Lipinski definition) is 1. The smallest absolute Gasteiger partial charge is 0.407 e. The molecule has 0 spiro atoms. The Kier molecular flexibility index (Phi) is 3.47. The number of ether oxygens (including phenoxy) is 1. The molecule has 1 aromatic carbocycles. The molecule has 6 nitrogen and oxygen atoms in total. The molecule has 0 unspecified atom stereocenters. The SMILES string of the molecule is COc1ccc(-c2cnn3c2CN(C(=O)O)CC3)c(Cl)c1. The summed E-state index contributed by atoms with van der Waals surface area (Å²) in [6.07, 6.45) is 0.809. The van der Waals surface area contributed by atoms with Crippen molar-refractivity contribution < 1.29 is 14.6 Å². The number of nitrogens with zero attached hydrogens (tertiary/aromatic N) is 3. The van der Waals surface area contributed by atoms with Crippen LogP contribution < -0.4 is 4.74 Å². The van der Waals surface area contributed by atoms with E-state index in [1.807, 2.05) is 16.8 Å². The molecule has 0 fully saturated rings. The van der Waals surface area contributed by atoms with E-state index < -0.39 is 6.09 Å². The van der Waals surface area contributed by atoms with Crippen LogP contribution in [-0.2, 0) is 13.1 Å². The third-order valence-corrected chi connectivity index (χ3v) is 3.92. The summed E-state index contributed by atoms with van der Waals surface area (Å²) in [5.41, 5.74) is 2.54. The molecule has 1 aromatic heterocycles. The number of methoxy groups -OCH3 is 1. The van der Waals surface area contributed by atoms with E-state index in [0.717, 1.165) is 16.8 Å². The average Bonchev–Trinajstić information content (AvgIpc) is 2.89. The summed E-state index contributed by atoms with van der Waals surface area (Å²) in [4.78, 5) is 12.5. The maximum absolute atomic E-state index is 11.1. The highest BCUT2D eigenvalue weighted by molar-refractivity contribution is 6.33. The standard InChI is InChI=1S/C14H14ClN3O3/c1-21-9-2-3-10(12(15)6-9)11-7-16-18-5-4-17(14(19)20)8-13(11)18/h2-3,6-7H,4-5,8H2,1H3,(H,19,20). The second kappa shape index (κ2) is 5.29. The van der Waals surface area contributed by atoms with Crippen molar-refractivity contribution >= 4 is 17.7 Å². The van der Waals surface area contributed by atoms with Gasteiger partial charge in [-0.2, -0.15) is 5.10 Å². The molecule has 0 bridgehead atoms. The van der Waals surface area contributed by atoms with Gasteiger partial charge in [-0.3, -0.25) is 4.68 Å². The van der Waals surface area contributed by atoms with Crippen molar-refractivity contribution in [3.8, 4) is 16.9 Å². The molecule has 1 N–H and O–H groups in total. The number of fused-ring (bicyclic) bond motifs is 1. The monoisotopic (exact) mass is 307 g/mol. The summed E-state index contributed by atoms with van der Waals surface area (Å²) in [6, 6.07) is 5.42. The third-order valence-electron chi connectivity index (χ3n) is 3.61. The lowest BCUT2D eigenvalue weighted by Gasteiger charge is -2.26. The lowest BCUT2D eigenvalue weighted by atomic mass is 10.1. The van der Waals surface area contributed by atoms with Crippen LogP contribution >= 0.6 is 11.6 Å². The van der Waals surface area contributed by atoms with Gasteiger partial charge in [0.2, 0.25) is 0 Å². The number of aromatic nitrogens is 2. The van der Waals surface area contributed by atoms with Crippen molar-refractivity contribution in [2.75, 3.05) is 13.7 Å². The van der Waals surface area contributed by atoms with Crippen molar-refractivity contribution in [3.63, 3.8) is 0 Å². The molecule has 0 aliphatic carbocycles. The molecule has 1 aliphatic heterocycles. The Morgan fingerprint density at radius 3 is 2.86 bits per heavy atom. The number of carboxylic acid groups (broad SMARTS) is 1. The van der Waals surface area contributed by atoms with Gasteiger partial charge in [-0.05, 0) is 18.2 Å². The minimum atomic E-state index is -0.922. The third kappa shape index (κ3) is 2.42. The van der Waals surface area contributed by atoms with Gasteiger partial charge in [-0.15, -0.1) is 0 Å². The summed E-state index contributed by atoms with van der Waals surface area (Å²) >= 11 is 6.29. The van der Waals surface area contributed by atoms with Crippen LogP contribution in [0.4, 0.5) is 4.79 Å². The van der Waals surface area contributed by atoms with Crippen LogP contribution in [0, 0.1) is 0 Å². The highest BCUT2D eigenvalue weighted by Crippen LogP contribution is 2.34. The van der Waals surface area contributed by atoms with Gasteiger partial charge >= 0.3 is 6.09 Å². The zero-order valence-corrected chi connectivity index (χ0v) is 12.2. The zero-order chi connectivity index (χ0) is 15.0. The maximum Gasteiger partial charge on any atom is 0.407 e. The van der Waals surface area contributed by atoms with E-state index in [-0.39, 0.29) is 0 Å². The van der Waals surface area contributed by atoms with Crippen LogP contribution in [0.5, 0.6) is 5.75 Å². The summed E-state index contributed by atoms with van der Waals surface area (Å²) in [5.74, 6) is 0.678. The number of hydrogen-bond acceptors (Lipinski definition) is 3. The maximum atomic E-state index is 11.1. The van der Waals surface area contributed by atoms with E-state index in [4.69, 9.17) is 21.4 Å². The number of benzene rings is 1. The first-order valence-electron chi connectivity index (χ1n) is 6.46. The van der Waals surface area contributed by atoms with E-state index in [0.29, 0.717) is 30.4 Å². The minimum Gasteiger partial charge on any atom is -0.497 e. The Balaban J connectivity index is 2.01. The highest BCUT2D eigenvalue weighted by Gasteiger charge is 2.24. The van der Waals surface area contributed by atoms with Crippen LogP contribution in [0.1, 0.15) is 5.69 Å². The molecule has 0 saturated heterocycles. The van der Waals surface area contributed by atoms with E-state index in [2.05, 4.69) is 5.10 Å². The van der Waals surface area contributed by atoms with Gasteiger partial charge in [0.1, 0.15) is 5.75 Å². The van der Waals surface area contributed by atoms with Crippen molar-refractivity contribution in [1.82, 2.24) is 14.7 Å². The van der Waals surface area contributed by atoms with Crippen LogP contribution in [0.2, 0.25) is 5.02 Å². The van der Waals surface area contributed by atoms with Crippen molar-refractivity contribution in [3.05, 3.63) is 35.1 Å². The minimum absolute atomic E-state index is 0.313. The summed E-state index contributed by atoms with van der Waals surface area (Å²) < 4.78 is 6.97. The molecule has 21 heavy (non-hydrogen) atoms. The molecule has 1 amide bonds. The zero-order valence-electron chi connectivity index (χ0n) is 11.4. The first-order valence-corrected chi connectivity index (χ1v) is 6.84. The van der Waals surface area contributed by atoms with Gasteiger partial charge < -0.3 is 14.7 Å². The quantitative estimate of drug-likeness (QED) is 0.926. The Hall–Kier alpha value is -2.21. The second-order valence-electron chi connectivity index (χ2n) is 4.78. The number of halogens is 1. The van der Waals surface area contributed by atoms with Crippen LogP contribution in [0.15, 0.2) is 24.4 Å². The van der Waals surface area contributed by atoms with Gasteiger partial charge in [0.05, 0.1) is 37.1 Å².